The van der Waals surface area contributed by atoms with E-state index >= 15 is 0 Å². The SMILES string of the molecule is CCN(CC)C(=O)c1ccc(N(c2ccccc2)[C@@H]2C[C@H]3CC[C@@H](C2)N3)cc1. The van der Waals surface area contributed by atoms with Crippen LogP contribution >= 0.6 is 0 Å². The largest absolute Gasteiger partial charge is 0.339 e. The van der Waals surface area contributed by atoms with Crippen LogP contribution in [-0.4, -0.2) is 42.0 Å². The van der Waals surface area contributed by atoms with Gasteiger partial charge in [-0.1, -0.05) is 18.2 Å². The highest BCUT2D eigenvalue weighted by Gasteiger charge is 2.36. The average Bonchev–Trinajstić information content (AvgIpc) is 3.08. The lowest BCUT2D eigenvalue weighted by atomic mass is 9.96. The van der Waals surface area contributed by atoms with Crippen molar-refractivity contribution in [3.05, 3.63) is 60.2 Å². The molecule has 4 rings (SSSR count). The Bertz CT molecular complexity index is 773. The van der Waals surface area contributed by atoms with E-state index in [0.717, 1.165) is 18.7 Å². The molecule has 1 N–H and O–H groups in total. The van der Waals surface area contributed by atoms with Crippen molar-refractivity contribution in [2.24, 2.45) is 0 Å². The summed E-state index contributed by atoms with van der Waals surface area (Å²) in [5, 5.41) is 3.75. The highest BCUT2D eigenvalue weighted by Crippen LogP contribution is 2.37. The number of anilines is 2. The van der Waals surface area contributed by atoms with Gasteiger partial charge in [0.2, 0.25) is 0 Å². The van der Waals surface area contributed by atoms with Gasteiger partial charge in [0.15, 0.2) is 0 Å². The van der Waals surface area contributed by atoms with Crippen LogP contribution in [0.15, 0.2) is 54.6 Å². The zero-order valence-corrected chi connectivity index (χ0v) is 17.0. The van der Waals surface area contributed by atoms with Crippen molar-refractivity contribution in [1.29, 1.82) is 0 Å². The van der Waals surface area contributed by atoms with Crippen molar-refractivity contribution in [3.63, 3.8) is 0 Å². The average molecular weight is 378 g/mol. The van der Waals surface area contributed by atoms with Crippen molar-refractivity contribution in [2.45, 2.75) is 57.7 Å². The second kappa shape index (κ2) is 8.36. The zero-order chi connectivity index (χ0) is 19.5. The van der Waals surface area contributed by atoms with Gasteiger partial charge in [-0.2, -0.15) is 0 Å². The molecule has 1 amide bonds. The lowest BCUT2D eigenvalue weighted by Crippen LogP contribution is -2.46. The Kier molecular flexibility index (Phi) is 5.67. The van der Waals surface area contributed by atoms with Gasteiger partial charge in [0, 0.05) is 48.2 Å². The molecular weight excluding hydrogens is 346 g/mol. The summed E-state index contributed by atoms with van der Waals surface area (Å²) >= 11 is 0. The van der Waals surface area contributed by atoms with Crippen molar-refractivity contribution >= 4 is 17.3 Å². The highest BCUT2D eigenvalue weighted by molar-refractivity contribution is 5.94. The first-order valence-corrected chi connectivity index (χ1v) is 10.7. The topological polar surface area (TPSA) is 35.6 Å². The van der Waals surface area contributed by atoms with Gasteiger partial charge >= 0.3 is 0 Å². The fraction of sp³-hybridized carbons (Fsp3) is 0.458. The van der Waals surface area contributed by atoms with E-state index in [0.29, 0.717) is 18.1 Å². The number of nitrogens with zero attached hydrogens (tertiary/aromatic N) is 2. The summed E-state index contributed by atoms with van der Waals surface area (Å²) in [6.45, 7) is 5.53. The van der Waals surface area contributed by atoms with Gasteiger partial charge in [-0.05, 0) is 75.9 Å². The molecule has 2 aliphatic heterocycles. The van der Waals surface area contributed by atoms with Crippen molar-refractivity contribution < 1.29 is 4.79 Å². The number of fused-ring (bicyclic) bond motifs is 2. The first kappa shape index (κ1) is 19.0. The summed E-state index contributed by atoms with van der Waals surface area (Å²) in [5.41, 5.74) is 3.18. The monoisotopic (exact) mass is 377 g/mol. The summed E-state index contributed by atoms with van der Waals surface area (Å²) in [4.78, 5) is 17.0. The Balaban J connectivity index is 1.62. The summed E-state index contributed by atoms with van der Waals surface area (Å²) in [5.74, 6) is 0.114. The molecular formula is C24H31N3O. The number of rotatable bonds is 6. The third-order valence-corrected chi connectivity index (χ3v) is 6.29. The summed E-state index contributed by atoms with van der Waals surface area (Å²) in [7, 11) is 0. The van der Waals surface area contributed by atoms with Crippen LogP contribution in [-0.2, 0) is 0 Å². The quantitative estimate of drug-likeness (QED) is 0.800. The smallest absolute Gasteiger partial charge is 0.253 e. The van der Waals surface area contributed by atoms with Crippen molar-refractivity contribution in [2.75, 3.05) is 18.0 Å². The van der Waals surface area contributed by atoms with Crippen LogP contribution in [0.2, 0.25) is 0 Å². The maximum absolute atomic E-state index is 12.7. The Hall–Kier alpha value is -2.33. The van der Waals surface area contributed by atoms with Gasteiger partial charge < -0.3 is 15.1 Å². The molecule has 2 saturated heterocycles. The highest BCUT2D eigenvalue weighted by atomic mass is 16.2. The third kappa shape index (κ3) is 3.79. The van der Waals surface area contributed by atoms with Crippen LogP contribution in [0.1, 0.15) is 49.9 Å². The van der Waals surface area contributed by atoms with E-state index in [1.54, 1.807) is 0 Å². The number of carbonyl (C=O) groups excluding carboxylic acids is 1. The number of carbonyl (C=O) groups is 1. The minimum Gasteiger partial charge on any atom is -0.339 e. The second-order valence-electron chi connectivity index (χ2n) is 7.99. The van der Waals surface area contributed by atoms with Crippen LogP contribution < -0.4 is 10.2 Å². The molecule has 2 bridgehead atoms. The number of nitrogens with one attached hydrogen (secondary N) is 1. The Morgan fingerprint density at radius 2 is 1.46 bits per heavy atom. The summed E-state index contributed by atoms with van der Waals surface area (Å²) in [6, 6.07) is 20.6. The van der Waals surface area contributed by atoms with Crippen LogP contribution in [0, 0.1) is 0 Å². The Morgan fingerprint density at radius 1 is 0.893 bits per heavy atom. The summed E-state index contributed by atoms with van der Waals surface area (Å²) < 4.78 is 0. The molecule has 0 saturated carbocycles. The number of hydrogen-bond acceptors (Lipinski definition) is 3. The normalized spacial score (nSPS) is 23.4. The molecule has 0 unspecified atom stereocenters. The van der Waals surface area contributed by atoms with E-state index in [1.165, 1.54) is 37.1 Å². The predicted molar refractivity (Wildman–Crippen MR) is 115 cm³/mol. The molecule has 28 heavy (non-hydrogen) atoms. The van der Waals surface area contributed by atoms with Gasteiger partial charge in [0.05, 0.1) is 0 Å². The van der Waals surface area contributed by atoms with E-state index in [-0.39, 0.29) is 5.91 Å². The fourth-order valence-electron chi connectivity index (χ4n) is 4.86. The maximum atomic E-state index is 12.7. The number of amides is 1. The van der Waals surface area contributed by atoms with Gasteiger partial charge in [0.1, 0.15) is 0 Å². The number of piperidine rings is 1. The van der Waals surface area contributed by atoms with E-state index in [2.05, 4.69) is 52.7 Å². The first-order valence-electron chi connectivity index (χ1n) is 10.7. The molecule has 2 aromatic rings. The molecule has 0 spiro atoms. The van der Waals surface area contributed by atoms with Gasteiger partial charge in [-0.25, -0.2) is 0 Å². The zero-order valence-electron chi connectivity index (χ0n) is 17.0. The molecule has 0 aliphatic carbocycles. The lowest BCUT2D eigenvalue weighted by Gasteiger charge is -2.39. The molecule has 2 aliphatic rings. The molecule has 0 aromatic heterocycles. The van der Waals surface area contributed by atoms with Gasteiger partial charge in [-0.3, -0.25) is 4.79 Å². The molecule has 4 heteroatoms. The lowest BCUT2D eigenvalue weighted by molar-refractivity contribution is 0.0773. The molecule has 2 aromatic carbocycles. The third-order valence-electron chi connectivity index (χ3n) is 6.29. The van der Waals surface area contributed by atoms with Crippen LogP contribution in [0.25, 0.3) is 0 Å². The first-order chi connectivity index (χ1) is 13.7. The standard InChI is InChI=1S/C24H31N3O/c1-3-26(4-2)24(28)18-10-14-22(15-11-18)27(21-8-6-5-7-9-21)23-16-19-12-13-20(17-23)25-19/h5-11,14-15,19-20,23,25H,3-4,12-13,16-17H2,1-2H3/t19-,20+,23-. The number of benzene rings is 2. The van der Waals surface area contributed by atoms with Crippen molar-refractivity contribution in [1.82, 2.24) is 10.2 Å². The van der Waals surface area contributed by atoms with Gasteiger partial charge in [0.25, 0.3) is 5.91 Å². The van der Waals surface area contributed by atoms with Gasteiger partial charge in [-0.15, -0.1) is 0 Å². The Morgan fingerprint density at radius 3 is 2.04 bits per heavy atom. The van der Waals surface area contributed by atoms with E-state index in [4.69, 9.17) is 0 Å². The molecule has 4 nitrogen and oxygen atoms in total. The number of hydrogen-bond donors (Lipinski definition) is 1. The predicted octanol–water partition coefficient (Wildman–Crippen LogP) is 4.59. The minimum absolute atomic E-state index is 0.114. The van der Waals surface area contributed by atoms with Crippen LogP contribution in [0.3, 0.4) is 0 Å². The molecule has 2 heterocycles. The van der Waals surface area contributed by atoms with E-state index in [9.17, 15) is 4.79 Å². The molecule has 2 fully saturated rings. The molecule has 0 radical (unpaired) electrons. The molecule has 3 atom stereocenters. The van der Waals surface area contributed by atoms with Crippen LogP contribution in [0.5, 0.6) is 0 Å². The fourth-order valence-corrected chi connectivity index (χ4v) is 4.86. The van der Waals surface area contributed by atoms with Crippen molar-refractivity contribution in [3.8, 4) is 0 Å². The number of para-hydroxylation sites is 1. The molecule has 148 valence electrons. The minimum atomic E-state index is 0.114. The van der Waals surface area contributed by atoms with E-state index in [1.807, 2.05) is 30.9 Å². The van der Waals surface area contributed by atoms with Crippen LogP contribution in [0.4, 0.5) is 11.4 Å². The van der Waals surface area contributed by atoms with E-state index < -0.39 is 0 Å². The Labute approximate surface area is 168 Å². The summed E-state index contributed by atoms with van der Waals surface area (Å²) in [6.07, 6.45) is 4.93. The second-order valence-corrected chi connectivity index (χ2v) is 7.99. The maximum Gasteiger partial charge on any atom is 0.253 e.